The summed E-state index contributed by atoms with van der Waals surface area (Å²) in [6.45, 7) is 14.4. The summed E-state index contributed by atoms with van der Waals surface area (Å²) in [5, 5.41) is 26.9. The number of carboxylic acids is 2. The third kappa shape index (κ3) is 68.9. The number of hydrogen-bond acceptors (Lipinski definition) is 5. The number of aliphatic hydroxyl groups excluding tert-OH is 1. The Balaban J connectivity index is -0.000000229. The number of carboxylic acid groups (broad SMARTS) is 2. The summed E-state index contributed by atoms with van der Waals surface area (Å²) in [6.07, 6.45) is 37.6. The van der Waals surface area contributed by atoms with E-state index in [0.29, 0.717) is 12.8 Å². The van der Waals surface area contributed by atoms with Gasteiger partial charge in [-0.05, 0) is 58.3 Å². The molecule has 1 atom stereocenters. The van der Waals surface area contributed by atoms with Crippen molar-refractivity contribution in [3.8, 4) is 0 Å². The molecule has 8 nitrogen and oxygen atoms in total. The van der Waals surface area contributed by atoms with Crippen LogP contribution < -0.4 is 0 Å². The van der Waals surface area contributed by atoms with Crippen LogP contribution in [0.5, 0.6) is 0 Å². The maximum Gasteiger partial charge on any atom is 0.330 e. The average Bonchev–Trinajstić information content (AvgIpc) is 3.13. The molecule has 0 spiro atoms. The predicted octanol–water partition coefficient (Wildman–Crippen LogP) is 14.0. The van der Waals surface area contributed by atoms with Crippen molar-refractivity contribution in [2.45, 2.75) is 233 Å². The molecular weight excluding hydrogens is 755 g/mol. The molecule has 0 fully saturated rings. The zero-order chi connectivity index (χ0) is 40.6. The SMILES string of the molecule is C=CC(=O)OCC[NH-].CCC.CCCCCC=C(C)CCCCCCCCCCC(=O)O.CCCCCCC(O)CCCCCCCCCCC(=O)O.[Y]. The van der Waals surface area contributed by atoms with Crippen LogP contribution in [-0.4, -0.2) is 52.5 Å². The van der Waals surface area contributed by atoms with Crippen LogP contribution in [0.1, 0.15) is 227 Å². The molecular formula is C45H88NO7Y-. The fourth-order valence-corrected chi connectivity index (χ4v) is 5.46. The van der Waals surface area contributed by atoms with Gasteiger partial charge >= 0.3 is 17.9 Å². The van der Waals surface area contributed by atoms with Crippen LogP contribution in [0.3, 0.4) is 0 Å². The zero-order valence-corrected chi connectivity index (χ0v) is 39.0. The number of esters is 1. The van der Waals surface area contributed by atoms with Crippen molar-refractivity contribution >= 4 is 17.9 Å². The molecule has 0 bridgehead atoms. The summed E-state index contributed by atoms with van der Waals surface area (Å²) < 4.78 is 4.40. The molecule has 0 aliphatic carbocycles. The molecule has 0 aromatic rings. The minimum absolute atomic E-state index is 0. The van der Waals surface area contributed by atoms with Crippen molar-refractivity contribution in [2.24, 2.45) is 0 Å². The van der Waals surface area contributed by atoms with Gasteiger partial charge in [-0.15, -0.1) is 6.54 Å². The van der Waals surface area contributed by atoms with Gasteiger partial charge < -0.3 is 25.8 Å². The second-order valence-electron chi connectivity index (χ2n) is 14.4. The van der Waals surface area contributed by atoms with Crippen molar-refractivity contribution in [2.75, 3.05) is 13.2 Å². The molecule has 0 aliphatic rings. The largest absolute Gasteiger partial charge is 0.675 e. The van der Waals surface area contributed by atoms with E-state index in [0.717, 1.165) is 57.4 Å². The van der Waals surface area contributed by atoms with Gasteiger partial charge in [-0.1, -0.05) is 174 Å². The van der Waals surface area contributed by atoms with E-state index in [9.17, 15) is 19.5 Å². The van der Waals surface area contributed by atoms with Crippen LogP contribution in [0.15, 0.2) is 24.3 Å². The van der Waals surface area contributed by atoms with Gasteiger partial charge in [0, 0.05) is 51.6 Å². The maximum absolute atomic E-state index is 10.4. The number of unbranched alkanes of at least 4 members (excludes halogenated alkanes) is 20. The van der Waals surface area contributed by atoms with Crippen LogP contribution in [0.4, 0.5) is 0 Å². The fourth-order valence-electron chi connectivity index (χ4n) is 5.46. The van der Waals surface area contributed by atoms with Crippen molar-refractivity contribution in [3.05, 3.63) is 30.0 Å². The Morgan fingerprint density at radius 1 is 0.611 bits per heavy atom. The topological polar surface area (TPSA) is 145 Å². The van der Waals surface area contributed by atoms with E-state index in [-0.39, 0.29) is 52.0 Å². The van der Waals surface area contributed by atoms with Gasteiger partial charge in [-0.3, -0.25) is 9.59 Å². The van der Waals surface area contributed by atoms with Crippen molar-refractivity contribution in [1.82, 2.24) is 0 Å². The number of allylic oxidation sites excluding steroid dienone is 2. The third-order valence-electron chi connectivity index (χ3n) is 8.59. The van der Waals surface area contributed by atoms with Gasteiger partial charge in [0.2, 0.25) is 0 Å². The molecule has 9 heteroatoms. The Morgan fingerprint density at radius 3 is 1.33 bits per heavy atom. The second kappa shape index (κ2) is 56.2. The van der Waals surface area contributed by atoms with Gasteiger partial charge in [-0.2, -0.15) is 0 Å². The molecule has 1 unspecified atom stereocenters. The van der Waals surface area contributed by atoms with Crippen LogP contribution >= 0.6 is 0 Å². The summed E-state index contributed by atoms with van der Waals surface area (Å²) in [5.41, 5.74) is 8.13. The summed E-state index contributed by atoms with van der Waals surface area (Å²) in [4.78, 5) is 30.8. The molecule has 0 saturated heterocycles. The Kier molecular flexibility index (Phi) is 64.7. The molecule has 4 N–H and O–H groups in total. The predicted molar refractivity (Wildman–Crippen MR) is 227 cm³/mol. The van der Waals surface area contributed by atoms with Crippen molar-refractivity contribution < 1.29 is 67.1 Å². The second-order valence-corrected chi connectivity index (χ2v) is 14.4. The quantitative estimate of drug-likeness (QED) is 0.0253. The molecule has 0 rings (SSSR count). The van der Waals surface area contributed by atoms with Gasteiger partial charge in [-0.25, -0.2) is 4.79 Å². The molecule has 319 valence electrons. The van der Waals surface area contributed by atoms with E-state index in [2.05, 4.69) is 52.0 Å². The molecule has 0 aromatic heterocycles. The van der Waals surface area contributed by atoms with E-state index < -0.39 is 17.9 Å². The summed E-state index contributed by atoms with van der Waals surface area (Å²) in [5.74, 6) is -1.80. The molecule has 1 radical (unpaired) electrons. The number of hydrogen-bond donors (Lipinski definition) is 3. The first-order valence-electron chi connectivity index (χ1n) is 21.8. The van der Waals surface area contributed by atoms with Crippen molar-refractivity contribution in [3.63, 3.8) is 0 Å². The summed E-state index contributed by atoms with van der Waals surface area (Å²) >= 11 is 0. The Bertz CT molecular complexity index is 807. The number of aliphatic hydroxyl groups is 1. The maximum atomic E-state index is 10.4. The molecule has 0 aromatic carbocycles. The molecule has 0 aliphatic heterocycles. The number of carbonyl (C=O) groups is 3. The molecule has 0 saturated carbocycles. The average molecular weight is 844 g/mol. The zero-order valence-electron chi connectivity index (χ0n) is 36.1. The Morgan fingerprint density at radius 2 is 0.963 bits per heavy atom. The Labute approximate surface area is 359 Å². The Hall–Kier alpha value is -1.09. The number of rotatable bonds is 34. The first-order valence-corrected chi connectivity index (χ1v) is 21.8. The standard InChI is InChI=1S/C19H36O2.C18H36O3.C5H8NO2.C3H8.Y/c1-3-4-5-12-15-18(2)16-13-10-8-6-7-9-11-14-17-19(20)21;1-2-3-4-11-14-17(19)15-12-9-7-5-6-8-10-13-16-18(20)21;1-2-5(7)8-4-3-6;1-3-2;/h15H,3-14,16-17H2,1-2H3,(H,20,21);17,19H,2-16H2,1H3,(H,20,21);2,6H,1,3-4H2;3H2,1-2H3;/q;;-1;;. The van der Waals surface area contributed by atoms with E-state index in [1.54, 1.807) is 5.57 Å². The number of aliphatic carboxylic acids is 2. The normalized spacial score (nSPS) is 11.0. The van der Waals surface area contributed by atoms with Gasteiger partial charge in [0.1, 0.15) is 0 Å². The fraction of sp³-hybridized carbons (Fsp3) is 0.844. The summed E-state index contributed by atoms with van der Waals surface area (Å²) in [7, 11) is 0. The minimum atomic E-state index is -0.678. The number of nitrogens with one attached hydrogen (secondary N) is 1. The first kappa shape index (κ1) is 62.1. The first-order chi connectivity index (χ1) is 25.6. The number of ether oxygens (including phenoxy) is 1. The molecule has 0 heterocycles. The summed E-state index contributed by atoms with van der Waals surface area (Å²) in [6, 6.07) is 0. The van der Waals surface area contributed by atoms with E-state index in [4.69, 9.17) is 15.9 Å². The van der Waals surface area contributed by atoms with E-state index in [1.807, 2.05) is 0 Å². The van der Waals surface area contributed by atoms with Crippen LogP contribution in [0.25, 0.3) is 5.73 Å². The van der Waals surface area contributed by atoms with Gasteiger partial charge in [0.15, 0.2) is 0 Å². The van der Waals surface area contributed by atoms with Crippen LogP contribution in [0.2, 0.25) is 0 Å². The van der Waals surface area contributed by atoms with Crippen LogP contribution in [-0.2, 0) is 51.8 Å². The monoisotopic (exact) mass is 844 g/mol. The molecule has 0 amide bonds. The van der Waals surface area contributed by atoms with Gasteiger partial charge in [0.05, 0.1) is 12.7 Å². The number of carbonyl (C=O) groups excluding carboxylic acids is 1. The smallest absolute Gasteiger partial charge is 0.330 e. The van der Waals surface area contributed by atoms with E-state index >= 15 is 0 Å². The van der Waals surface area contributed by atoms with Crippen LogP contribution in [0, 0.1) is 0 Å². The van der Waals surface area contributed by atoms with Crippen molar-refractivity contribution in [1.29, 1.82) is 0 Å². The molecule has 54 heavy (non-hydrogen) atoms. The van der Waals surface area contributed by atoms with E-state index in [1.165, 1.54) is 128 Å². The van der Waals surface area contributed by atoms with Gasteiger partial charge in [0.25, 0.3) is 0 Å². The minimum Gasteiger partial charge on any atom is -0.675 e. The third-order valence-corrected chi connectivity index (χ3v) is 8.59.